The molecule has 1 aromatic heterocycles. The van der Waals surface area contributed by atoms with Crippen LogP contribution in [0.3, 0.4) is 0 Å². The van der Waals surface area contributed by atoms with E-state index < -0.39 is 10.8 Å². The summed E-state index contributed by atoms with van der Waals surface area (Å²) in [7, 11) is 0. The van der Waals surface area contributed by atoms with Crippen molar-refractivity contribution in [1.82, 2.24) is 0 Å². The molecule has 0 aliphatic carbocycles. The van der Waals surface area contributed by atoms with Gasteiger partial charge in [0, 0.05) is 28.4 Å². The minimum atomic E-state index is -0.622. The molecule has 0 atom stereocenters. The number of anilines is 1. The van der Waals surface area contributed by atoms with Gasteiger partial charge in [0.15, 0.2) is 0 Å². The standard InChI is InChI=1S/C21H13Cl2N3O4/c1-12-16(22)3-2-4-18(12)25-21(27)14(11-24)9-15-6-8-20(30-15)13-5-7-17(23)19(10-13)26(28)29/h2-10H,1H3,(H,25,27)/b14-9+. The third kappa shape index (κ3) is 4.51. The molecule has 30 heavy (non-hydrogen) atoms. The molecule has 150 valence electrons. The summed E-state index contributed by atoms with van der Waals surface area (Å²) in [6, 6.07) is 14.3. The van der Waals surface area contributed by atoms with Gasteiger partial charge in [-0.2, -0.15) is 5.26 Å². The van der Waals surface area contributed by atoms with Gasteiger partial charge in [-0.1, -0.05) is 29.3 Å². The van der Waals surface area contributed by atoms with Gasteiger partial charge in [-0.3, -0.25) is 14.9 Å². The maximum absolute atomic E-state index is 12.5. The Labute approximate surface area is 181 Å². The van der Waals surface area contributed by atoms with E-state index in [-0.39, 0.29) is 22.0 Å². The Bertz CT molecular complexity index is 1230. The van der Waals surface area contributed by atoms with Crippen LogP contribution >= 0.6 is 23.2 Å². The van der Waals surface area contributed by atoms with Gasteiger partial charge in [0.25, 0.3) is 11.6 Å². The molecule has 7 nitrogen and oxygen atoms in total. The second-order valence-electron chi connectivity index (χ2n) is 6.16. The minimum Gasteiger partial charge on any atom is -0.457 e. The molecule has 9 heteroatoms. The number of benzene rings is 2. The fraction of sp³-hybridized carbons (Fsp3) is 0.0476. The summed E-state index contributed by atoms with van der Waals surface area (Å²) < 4.78 is 5.63. The van der Waals surface area contributed by atoms with Gasteiger partial charge in [0.1, 0.15) is 28.2 Å². The summed E-state index contributed by atoms with van der Waals surface area (Å²) in [5.41, 5.74) is 1.16. The molecule has 0 saturated heterocycles. The van der Waals surface area contributed by atoms with Crippen LogP contribution in [0.1, 0.15) is 11.3 Å². The highest BCUT2D eigenvalue weighted by atomic mass is 35.5. The van der Waals surface area contributed by atoms with Crippen molar-refractivity contribution in [3.8, 4) is 17.4 Å². The van der Waals surface area contributed by atoms with Gasteiger partial charge >= 0.3 is 0 Å². The number of rotatable bonds is 5. The highest BCUT2D eigenvalue weighted by molar-refractivity contribution is 6.32. The summed E-state index contributed by atoms with van der Waals surface area (Å²) in [4.78, 5) is 22.9. The third-order valence-corrected chi connectivity index (χ3v) is 4.95. The number of carbonyl (C=O) groups is 1. The van der Waals surface area contributed by atoms with Gasteiger partial charge in [0.05, 0.1) is 4.92 Å². The van der Waals surface area contributed by atoms with E-state index in [1.807, 2.05) is 6.07 Å². The van der Waals surface area contributed by atoms with E-state index in [0.717, 1.165) is 0 Å². The molecule has 0 bridgehead atoms. The van der Waals surface area contributed by atoms with Crippen LogP contribution in [0.2, 0.25) is 10.0 Å². The van der Waals surface area contributed by atoms with E-state index in [9.17, 15) is 20.2 Å². The maximum atomic E-state index is 12.5. The first-order valence-corrected chi connectivity index (χ1v) is 9.28. The van der Waals surface area contributed by atoms with Crippen LogP contribution in [0.15, 0.2) is 58.5 Å². The highest BCUT2D eigenvalue weighted by Crippen LogP contribution is 2.31. The summed E-state index contributed by atoms with van der Waals surface area (Å²) >= 11 is 11.9. The lowest BCUT2D eigenvalue weighted by Gasteiger charge is -2.08. The minimum absolute atomic E-state index is 0.00942. The molecular formula is C21H13Cl2N3O4. The smallest absolute Gasteiger partial charge is 0.288 e. The monoisotopic (exact) mass is 441 g/mol. The topological polar surface area (TPSA) is 109 Å². The fourth-order valence-corrected chi connectivity index (χ4v) is 2.98. The molecule has 0 unspecified atom stereocenters. The van der Waals surface area contributed by atoms with E-state index in [1.165, 1.54) is 18.2 Å². The molecule has 1 N–H and O–H groups in total. The van der Waals surface area contributed by atoms with Crippen molar-refractivity contribution in [3.63, 3.8) is 0 Å². The van der Waals surface area contributed by atoms with Crippen molar-refractivity contribution in [2.24, 2.45) is 0 Å². The molecular weight excluding hydrogens is 429 g/mol. The number of amides is 1. The Morgan fingerprint density at radius 1 is 1.20 bits per heavy atom. The number of furan rings is 1. The highest BCUT2D eigenvalue weighted by Gasteiger charge is 2.16. The zero-order valence-electron chi connectivity index (χ0n) is 15.5. The summed E-state index contributed by atoms with van der Waals surface area (Å²) in [5, 5.41) is 23.6. The maximum Gasteiger partial charge on any atom is 0.288 e. The molecule has 0 fully saturated rings. The van der Waals surface area contributed by atoms with Crippen LogP contribution in [0, 0.1) is 28.4 Å². The lowest BCUT2D eigenvalue weighted by molar-refractivity contribution is -0.384. The molecule has 0 saturated carbocycles. The van der Waals surface area contributed by atoms with Crippen molar-refractivity contribution in [2.75, 3.05) is 5.32 Å². The van der Waals surface area contributed by atoms with Gasteiger partial charge in [-0.15, -0.1) is 0 Å². The molecule has 0 spiro atoms. The number of nitro groups is 1. The van der Waals surface area contributed by atoms with Gasteiger partial charge in [-0.05, 0) is 48.9 Å². The summed E-state index contributed by atoms with van der Waals surface area (Å²) in [6.45, 7) is 1.75. The molecule has 0 aliphatic rings. The lowest BCUT2D eigenvalue weighted by atomic mass is 10.1. The first-order valence-electron chi connectivity index (χ1n) is 8.52. The second-order valence-corrected chi connectivity index (χ2v) is 6.98. The lowest BCUT2D eigenvalue weighted by Crippen LogP contribution is -2.14. The van der Waals surface area contributed by atoms with Crippen molar-refractivity contribution in [2.45, 2.75) is 6.92 Å². The van der Waals surface area contributed by atoms with Crippen LogP contribution in [0.4, 0.5) is 11.4 Å². The van der Waals surface area contributed by atoms with Crippen molar-refractivity contribution < 1.29 is 14.1 Å². The van der Waals surface area contributed by atoms with E-state index in [0.29, 0.717) is 27.6 Å². The van der Waals surface area contributed by atoms with Crippen molar-refractivity contribution in [3.05, 3.63) is 85.6 Å². The van der Waals surface area contributed by atoms with Gasteiger partial charge in [-0.25, -0.2) is 0 Å². The van der Waals surface area contributed by atoms with Crippen LogP contribution in [0.25, 0.3) is 17.4 Å². The normalized spacial score (nSPS) is 11.1. The molecule has 3 aromatic rings. The number of halogens is 2. The summed E-state index contributed by atoms with van der Waals surface area (Å²) in [6.07, 6.45) is 1.28. The van der Waals surface area contributed by atoms with Gasteiger partial charge in [0.2, 0.25) is 0 Å². The van der Waals surface area contributed by atoms with Crippen LogP contribution in [-0.2, 0) is 4.79 Å². The first kappa shape index (κ1) is 21.1. The Morgan fingerprint density at radius 2 is 1.97 bits per heavy atom. The second kappa shape index (κ2) is 8.82. The molecule has 1 amide bonds. The first-order chi connectivity index (χ1) is 14.3. The Kier molecular flexibility index (Phi) is 6.21. The number of nitrogens with zero attached hydrogens (tertiary/aromatic N) is 2. The number of nitro benzene ring substituents is 1. The number of hydrogen-bond acceptors (Lipinski definition) is 5. The van der Waals surface area contributed by atoms with E-state index >= 15 is 0 Å². The Morgan fingerprint density at radius 3 is 2.67 bits per heavy atom. The molecule has 2 aromatic carbocycles. The van der Waals surface area contributed by atoms with E-state index in [2.05, 4.69) is 5.32 Å². The number of nitrogens with one attached hydrogen (secondary N) is 1. The van der Waals surface area contributed by atoms with E-state index in [1.54, 1.807) is 43.3 Å². The number of hydrogen-bond donors (Lipinski definition) is 1. The molecule has 1 heterocycles. The number of nitriles is 1. The predicted octanol–water partition coefficient (Wildman–Crippen LogP) is 6.02. The zero-order valence-corrected chi connectivity index (χ0v) is 17.0. The molecule has 0 radical (unpaired) electrons. The largest absolute Gasteiger partial charge is 0.457 e. The third-order valence-electron chi connectivity index (χ3n) is 4.22. The molecule has 3 rings (SSSR count). The zero-order chi connectivity index (χ0) is 21.8. The Balaban J connectivity index is 1.86. The molecule has 0 aliphatic heterocycles. The average molecular weight is 442 g/mol. The predicted molar refractivity (Wildman–Crippen MR) is 114 cm³/mol. The van der Waals surface area contributed by atoms with Crippen molar-refractivity contribution >= 4 is 46.6 Å². The number of carbonyl (C=O) groups excluding carboxylic acids is 1. The quantitative estimate of drug-likeness (QED) is 0.225. The fourth-order valence-electron chi connectivity index (χ4n) is 2.61. The van der Waals surface area contributed by atoms with E-state index in [4.69, 9.17) is 27.6 Å². The summed E-state index contributed by atoms with van der Waals surface area (Å²) in [5.74, 6) is -0.0653. The van der Waals surface area contributed by atoms with Crippen LogP contribution in [-0.4, -0.2) is 10.8 Å². The van der Waals surface area contributed by atoms with Crippen molar-refractivity contribution in [1.29, 1.82) is 5.26 Å². The van der Waals surface area contributed by atoms with Crippen LogP contribution in [0.5, 0.6) is 0 Å². The van der Waals surface area contributed by atoms with Crippen LogP contribution < -0.4 is 5.32 Å². The Hall–Kier alpha value is -3.60. The van der Waals surface area contributed by atoms with Gasteiger partial charge < -0.3 is 9.73 Å². The SMILES string of the molecule is Cc1c(Cl)cccc1NC(=O)/C(C#N)=C/c1ccc(-c2ccc(Cl)c([N+](=O)[O-])c2)o1. The average Bonchev–Trinajstić information content (AvgIpc) is 3.18.